The largest absolute Gasteiger partial charge is 0.289 e. The summed E-state index contributed by atoms with van der Waals surface area (Å²) in [5.41, 5.74) is 0. The summed E-state index contributed by atoms with van der Waals surface area (Å²) in [5, 5.41) is 11.6. The summed E-state index contributed by atoms with van der Waals surface area (Å²) in [6, 6.07) is 92.3. The lowest BCUT2D eigenvalue weighted by atomic mass is 9.89. The number of rotatable bonds is 18. The van der Waals surface area contributed by atoms with Gasteiger partial charge < -0.3 is 0 Å². The van der Waals surface area contributed by atoms with Gasteiger partial charge in [-0.15, -0.1) is 0 Å². The van der Waals surface area contributed by atoms with E-state index in [1.807, 2.05) is 0 Å². The van der Waals surface area contributed by atoms with Gasteiger partial charge in [-0.1, -0.05) is 255 Å². The predicted molar refractivity (Wildman–Crippen MR) is 285 cm³/mol. The maximum atomic E-state index is 3.04. The van der Waals surface area contributed by atoms with Gasteiger partial charge in [-0.3, -0.25) is 9.80 Å². The van der Waals surface area contributed by atoms with Crippen molar-refractivity contribution < 1.29 is 0 Å². The molecule has 0 radical (unpaired) electrons. The normalized spacial score (nSPS) is 15.4. The Morgan fingerprint density at radius 3 is 0.562 bits per heavy atom. The number of nitrogens with zero attached hydrogens (tertiary/aromatic N) is 2. The van der Waals surface area contributed by atoms with Crippen LogP contribution in [-0.4, -0.2) is 47.0 Å². The van der Waals surface area contributed by atoms with Crippen LogP contribution in [0.15, 0.2) is 243 Å². The topological polar surface area (TPSA) is 6.48 Å². The molecule has 0 heterocycles. The van der Waals surface area contributed by atoms with E-state index in [1.165, 1.54) is 68.1 Å². The van der Waals surface area contributed by atoms with Crippen LogP contribution in [0.4, 0.5) is 0 Å². The summed E-state index contributed by atoms with van der Waals surface area (Å²) in [5.74, 6) is 0. The molecule has 0 aromatic heterocycles. The third kappa shape index (κ3) is 11.4. The summed E-state index contributed by atoms with van der Waals surface area (Å²) < 4.78 is 0. The highest BCUT2D eigenvalue weighted by molar-refractivity contribution is 7.74. The van der Waals surface area contributed by atoms with Crippen LogP contribution in [0, 0.1) is 0 Å². The molecule has 0 saturated heterocycles. The highest BCUT2D eigenvalue weighted by atomic mass is 31.1. The first-order valence-electron chi connectivity index (χ1n) is 22.8. The van der Waals surface area contributed by atoms with Crippen LogP contribution in [0.5, 0.6) is 0 Å². The van der Waals surface area contributed by atoms with Crippen molar-refractivity contribution in [1.29, 1.82) is 0 Å². The number of benzene rings is 8. The molecule has 0 amide bonds. The second-order valence-electron chi connectivity index (χ2n) is 16.6. The lowest BCUT2D eigenvalue weighted by molar-refractivity contribution is 0.0920. The van der Waals surface area contributed by atoms with E-state index in [4.69, 9.17) is 0 Å². The molecule has 64 heavy (non-hydrogen) atoms. The van der Waals surface area contributed by atoms with Crippen LogP contribution in [0.2, 0.25) is 0 Å². The van der Waals surface area contributed by atoms with Crippen molar-refractivity contribution in [2.24, 2.45) is 0 Å². The fourth-order valence-corrected chi connectivity index (χ4v) is 19.1. The van der Waals surface area contributed by atoms with Crippen molar-refractivity contribution in [2.45, 2.75) is 37.8 Å². The Morgan fingerprint density at radius 1 is 0.250 bits per heavy atom. The van der Waals surface area contributed by atoms with Gasteiger partial charge in [-0.2, -0.15) is 0 Å². The van der Waals surface area contributed by atoms with E-state index >= 15 is 0 Å². The molecule has 1 saturated carbocycles. The maximum Gasteiger partial charge on any atom is 0.0273 e. The Hall–Kier alpha value is -4.60. The molecule has 320 valence electrons. The van der Waals surface area contributed by atoms with Crippen molar-refractivity contribution >= 4 is 74.1 Å². The smallest absolute Gasteiger partial charge is 0.0273 e. The zero-order valence-electron chi connectivity index (χ0n) is 36.6. The van der Waals surface area contributed by atoms with Gasteiger partial charge in [-0.05, 0) is 87.0 Å². The van der Waals surface area contributed by atoms with Gasteiger partial charge in [0.2, 0.25) is 0 Å². The van der Waals surface area contributed by atoms with Crippen molar-refractivity contribution in [1.82, 2.24) is 9.80 Å². The third-order valence-electron chi connectivity index (χ3n) is 12.5. The Kier molecular flexibility index (Phi) is 16.0. The fourth-order valence-electron chi connectivity index (χ4n) is 9.29. The monoisotopic (exact) mass is 906 g/mol. The Morgan fingerprint density at radius 2 is 0.406 bits per heavy atom. The summed E-state index contributed by atoms with van der Waals surface area (Å²) in [7, 11) is -2.70. The highest BCUT2D eigenvalue weighted by Crippen LogP contribution is 2.46. The average Bonchev–Trinajstić information content (AvgIpc) is 3.39. The standard InChI is InChI=1S/C58H58N2P4/c1-9-27-49(28-10-1)61(50-29-11-2-12-30-50)45-59(46-62(51-31-13-3-14-32-51)52-33-15-4-16-34-52)57-43-25-26-44-58(57)60(47-63(53-35-17-5-18-36-53)54-37-19-6-20-38-54)48-64(55-39-21-7-22-40-55)56-41-23-8-24-42-56/h1-24,27-42,57-58H,25-26,43-48H2. The molecule has 0 N–H and O–H groups in total. The van der Waals surface area contributed by atoms with Crippen LogP contribution in [0.1, 0.15) is 25.7 Å². The van der Waals surface area contributed by atoms with E-state index in [2.05, 4.69) is 252 Å². The lowest BCUT2D eigenvalue weighted by Crippen LogP contribution is -2.55. The number of hydrogen-bond donors (Lipinski definition) is 0. The van der Waals surface area contributed by atoms with Crippen LogP contribution in [0.3, 0.4) is 0 Å². The third-order valence-corrected chi connectivity index (χ3v) is 22.4. The predicted octanol–water partition coefficient (Wildman–Crippen LogP) is 11.3. The van der Waals surface area contributed by atoms with E-state index in [9.17, 15) is 0 Å². The van der Waals surface area contributed by atoms with Crippen molar-refractivity contribution in [3.05, 3.63) is 243 Å². The van der Waals surface area contributed by atoms with Gasteiger partial charge in [0.05, 0.1) is 0 Å². The summed E-state index contributed by atoms with van der Waals surface area (Å²) in [6.45, 7) is 0. The molecule has 8 aromatic rings. The quantitative estimate of drug-likeness (QED) is 0.0792. The second kappa shape index (κ2) is 23.0. The fraction of sp³-hybridized carbons (Fsp3) is 0.172. The van der Waals surface area contributed by atoms with E-state index in [0.717, 1.165) is 25.1 Å². The van der Waals surface area contributed by atoms with Crippen LogP contribution < -0.4 is 42.4 Å². The molecule has 2 nitrogen and oxygen atoms in total. The molecule has 9 rings (SSSR count). The van der Waals surface area contributed by atoms with E-state index in [-0.39, 0.29) is 0 Å². The highest BCUT2D eigenvalue weighted by Gasteiger charge is 2.39. The van der Waals surface area contributed by atoms with E-state index < -0.39 is 31.7 Å². The summed E-state index contributed by atoms with van der Waals surface area (Å²) in [6.07, 6.45) is 9.00. The first-order valence-corrected chi connectivity index (χ1v) is 28.9. The minimum Gasteiger partial charge on any atom is -0.289 e. The maximum absolute atomic E-state index is 3.04. The Balaban J connectivity index is 1.19. The van der Waals surface area contributed by atoms with Crippen molar-refractivity contribution in [3.63, 3.8) is 0 Å². The minimum absolute atomic E-state index is 0.385. The molecule has 2 atom stereocenters. The molecular weight excluding hydrogens is 849 g/mol. The summed E-state index contributed by atoms with van der Waals surface area (Å²) in [4.78, 5) is 6.07. The van der Waals surface area contributed by atoms with Gasteiger partial charge in [0.1, 0.15) is 0 Å². The van der Waals surface area contributed by atoms with Gasteiger partial charge >= 0.3 is 0 Å². The molecule has 0 aliphatic heterocycles. The first-order chi connectivity index (χ1) is 31.8. The van der Waals surface area contributed by atoms with Crippen molar-refractivity contribution in [2.75, 3.05) is 25.1 Å². The lowest BCUT2D eigenvalue weighted by Gasteiger charge is -2.48. The van der Waals surface area contributed by atoms with Gasteiger partial charge in [-0.25, -0.2) is 0 Å². The number of hydrogen-bond acceptors (Lipinski definition) is 2. The molecule has 0 spiro atoms. The van der Waals surface area contributed by atoms with E-state index in [0.29, 0.717) is 12.1 Å². The van der Waals surface area contributed by atoms with Crippen molar-refractivity contribution in [3.8, 4) is 0 Å². The van der Waals surface area contributed by atoms with Gasteiger partial charge in [0, 0.05) is 37.2 Å². The second-order valence-corrected chi connectivity index (χ2v) is 25.2. The molecule has 1 aliphatic carbocycles. The molecule has 8 aromatic carbocycles. The molecule has 1 fully saturated rings. The van der Waals surface area contributed by atoms with E-state index in [1.54, 1.807) is 0 Å². The van der Waals surface area contributed by atoms with Crippen LogP contribution in [0.25, 0.3) is 0 Å². The SMILES string of the molecule is c1ccc(P(CN(CP(c2ccccc2)c2ccccc2)C2CCCCC2N(CP(c2ccccc2)c2ccccc2)CP(c2ccccc2)c2ccccc2)c2ccccc2)cc1. The Bertz CT molecular complexity index is 2030. The zero-order chi connectivity index (χ0) is 43.2. The molecule has 6 heteroatoms. The van der Waals surface area contributed by atoms with Crippen LogP contribution >= 0.6 is 31.7 Å². The Labute approximate surface area is 387 Å². The zero-order valence-corrected chi connectivity index (χ0v) is 40.2. The molecular formula is C58H58N2P4. The van der Waals surface area contributed by atoms with Gasteiger partial charge in [0.25, 0.3) is 0 Å². The average molecular weight is 907 g/mol. The first kappa shape index (κ1) is 44.6. The molecule has 2 unspecified atom stereocenters. The summed E-state index contributed by atoms with van der Waals surface area (Å²) >= 11 is 0. The minimum atomic E-state index is -0.674. The molecule has 1 aliphatic rings. The molecule has 0 bridgehead atoms. The van der Waals surface area contributed by atoms with Crippen LogP contribution in [-0.2, 0) is 0 Å². The van der Waals surface area contributed by atoms with Gasteiger partial charge in [0.15, 0.2) is 0 Å².